The zero-order valence-corrected chi connectivity index (χ0v) is 22.3. The van der Waals surface area contributed by atoms with Gasteiger partial charge in [-0.25, -0.2) is 19.0 Å². The molecule has 1 unspecified atom stereocenters. The number of Topliss-reactive ketones (excluding diaryl/α,β-unsaturated/α-hetero) is 1. The fourth-order valence-electron chi connectivity index (χ4n) is 5.38. The number of rotatable bonds is 3. The van der Waals surface area contributed by atoms with E-state index in [1.165, 1.54) is 19.2 Å². The van der Waals surface area contributed by atoms with Crippen molar-refractivity contribution in [2.24, 2.45) is 0 Å². The lowest BCUT2D eigenvalue weighted by Gasteiger charge is -2.38. The average molecular weight is 558 g/mol. The van der Waals surface area contributed by atoms with Gasteiger partial charge in [0.2, 0.25) is 5.95 Å². The summed E-state index contributed by atoms with van der Waals surface area (Å²) < 4.78 is 19.5. The maximum atomic E-state index is 13.8. The van der Waals surface area contributed by atoms with E-state index in [1.807, 2.05) is 36.4 Å². The van der Waals surface area contributed by atoms with Crippen LogP contribution in [0.25, 0.3) is 22.2 Å². The predicted octanol–water partition coefficient (Wildman–Crippen LogP) is 5.20. The monoisotopic (exact) mass is 557 g/mol. The number of halogens is 1. The molecule has 0 spiro atoms. The zero-order valence-electron chi connectivity index (χ0n) is 22.3. The molecule has 3 heterocycles. The summed E-state index contributed by atoms with van der Waals surface area (Å²) in [6.07, 6.45) is -0.633. The van der Waals surface area contributed by atoms with Crippen LogP contribution in [-0.4, -0.2) is 69.5 Å². The van der Waals surface area contributed by atoms with Crippen molar-refractivity contribution in [3.8, 4) is 16.9 Å². The van der Waals surface area contributed by atoms with Gasteiger partial charge in [-0.15, -0.1) is 0 Å². The molecular formula is C30H28FN5O5. The summed E-state index contributed by atoms with van der Waals surface area (Å²) in [5.41, 5.74) is 4.70. The Bertz CT molecular complexity index is 1650. The Kier molecular flexibility index (Phi) is 6.78. The minimum atomic E-state index is -1.12. The highest BCUT2D eigenvalue weighted by atomic mass is 19.1. The third-order valence-electron chi connectivity index (χ3n) is 7.65. The number of piperidine rings is 1. The van der Waals surface area contributed by atoms with Gasteiger partial charge in [-0.3, -0.25) is 9.69 Å². The summed E-state index contributed by atoms with van der Waals surface area (Å²) in [5, 5.41) is 9.26. The Morgan fingerprint density at radius 2 is 1.83 bits per heavy atom. The molecule has 11 heteroatoms. The molecule has 10 nitrogen and oxygen atoms in total. The normalized spacial score (nSPS) is 17.1. The van der Waals surface area contributed by atoms with E-state index in [1.54, 1.807) is 21.9 Å². The molecule has 1 fully saturated rings. The van der Waals surface area contributed by atoms with Gasteiger partial charge in [-0.1, -0.05) is 24.3 Å². The Morgan fingerprint density at radius 3 is 2.61 bits per heavy atom. The number of nitrogens with one attached hydrogen (secondary N) is 1. The first-order valence-electron chi connectivity index (χ1n) is 13.3. The largest absolute Gasteiger partial charge is 0.491 e. The van der Waals surface area contributed by atoms with Gasteiger partial charge in [0.1, 0.15) is 24.0 Å². The Hall–Kier alpha value is -4.93. The number of carbonyl (C=O) groups excluding carboxylic acids is 2. The molecule has 1 aromatic heterocycles. The predicted molar refractivity (Wildman–Crippen MR) is 149 cm³/mol. The first-order chi connectivity index (χ1) is 19.8. The molecular weight excluding hydrogens is 529 g/mol. The van der Waals surface area contributed by atoms with E-state index < -0.39 is 12.1 Å². The molecule has 6 rings (SSSR count). The Balaban J connectivity index is 1.26. The number of benzene rings is 3. The standard InChI is InChI=1S/C30H28FN5O5/c1-34(30(39)40)28-32-24-8-4-20(15-25(24)33-28)19-5-9-27-21(14-19)17-35(12-13-41-27)29(38)36-11-10-23(37)16-26(36)18-2-6-22(31)7-3-18/h2-9,14-15,26H,10-13,16-17H2,1H3,(H,32,33)(H,39,40). The van der Waals surface area contributed by atoms with Crippen LogP contribution in [0.2, 0.25) is 0 Å². The van der Waals surface area contributed by atoms with Crippen molar-refractivity contribution >= 4 is 34.9 Å². The highest BCUT2D eigenvalue weighted by Gasteiger charge is 2.35. The van der Waals surface area contributed by atoms with Crippen molar-refractivity contribution in [1.82, 2.24) is 19.8 Å². The number of ether oxygens (including phenoxy) is 1. The number of carboxylic acid groups (broad SMARTS) is 1. The summed E-state index contributed by atoms with van der Waals surface area (Å²) >= 11 is 0. The van der Waals surface area contributed by atoms with E-state index in [-0.39, 0.29) is 36.4 Å². The number of H-pyrrole nitrogens is 1. The van der Waals surface area contributed by atoms with Crippen LogP contribution < -0.4 is 9.64 Å². The van der Waals surface area contributed by atoms with Crippen LogP contribution in [0.3, 0.4) is 0 Å². The van der Waals surface area contributed by atoms with Crippen molar-refractivity contribution < 1.29 is 28.6 Å². The number of urea groups is 1. The number of anilines is 1. The average Bonchev–Trinajstić information content (AvgIpc) is 3.28. The Morgan fingerprint density at radius 1 is 1.07 bits per heavy atom. The molecule has 3 aromatic carbocycles. The van der Waals surface area contributed by atoms with E-state index in [0.29, 0.717) is 43.0 Å². The van der Waals surface area contributed by atoms with Crippen LogP contribution in [0.5, 0.6) is 5.75 Å². The topological polar surface area (TPSA) is 119 Å². The number of hydrogen-bond donors (Lipinski definition) is 2. The lowest BCUT2D eigenvalue weighted by molar-refractivity contribution is -0.122. The number of imidazole rings is 1. The number of hydrogen-bond acceptors (Lipinski definition) is 5. The van der Waals surface area contributed by atoms with E-state index in [4.69, 9.17) is 4.74 Å². The van der Waals surface area contributed by atoms with E-state index >= 15 is 0 Å². The number of nitrogens with zero attached hydrogens (tertiary/aromatic N) is 4. The summed E-state index contributed by atoms with van der Waals surface area (Å²) in [4.78, 5) is 49.3. The van der Waals surface area contributed by atoms with Crippen LogP contribution in [0.15, 0.2) is 60.7 Å². The lowest BCUT2D eigenvalue weighted by Crippen LogP contribution is -2.48. The molecule has 3 amide bonds. The van der Waals surface area contributed by atoms with Crippen LogP contribution >= 0.6 is 0 Å². The molecule has 2 N–H and O–H groups in total. The number of likely N-dealkylation sites (tertiary alicyclic amines) is 1. The molecule has 1 atom stereocenters. The molecule has 2 aliphatic heterocycles. The molecule has 0 bridgehead atoms. The number of amides is 3. The van der Waals surface area contributed by atoms with Crippen LogP contribution in [0, 0.1) is 5.82 Å². The third kappa shape index (κ3) is 5.18. The second-order valence-electron chi connectivity index (χ2n) is 10.3. The smallest absolute Gasteiger partial charge is 0.413 e. The minimum absolute atomic E-state index is 0.0773. The number of carbonyl (C=O) groups is 3. The van der Waals surface area contributed by atoms with Gasteiger partial charge in [0.25, 0.3) is 0 Å². The highest BCUT2D eigenvalue weighted by molar-refractivity contribution is 5.89. The minimum Gasteiger partial charge on any atom is -0.491 e. The van der Waals surface area contributed by atoms with Crippen LogP contribution in [-0.2, 0) is 11.3 Å². The molecule has 0 saturated carbocycles. The van der Waals surface area contributed by atoms with Crippen molar-refractivity contribution in [2.45, 2.75) is 25.4 Å². The lowest BCUT2D eigenvalue weighted by atomic mass is 9.94. The molecule has 0 radical (unpaired) electrons. The second-order valence-corrected chi connectivity index (χ2v) is 10.3. The quantitative estimate of drug-likeness (QED) is 0.357. The summed E-state index contributed by atoms with van der Waals surface area (Å²) in [6, 6.07) is 16.8. The van der Waals surface area contributed by atoms with Gasteiger partial charge in [0, 0.05) is 32.0 Å². The maximum absolute atomic E-state index is 13.8. The molecule has 0 aliphatic carbocycles. The fraction of sp³-hybridized carbons (Fsp3) is 0.267. The number of fused-ring (bicyclic) bond motifs is 2. The van der Waals surface area contributed by atoms with E-state index in [0.717, 1.165) is 27.2 Å². The van der Waals surface area contributed by atoms with E-state index in [2.05, 4.69) is 9.97 Å². The fourth-order valence-corrected chi connectivity index (χ4v) is 5.38. The van der Waals surface area contributed by atoms with Crippen molar-refractivity contribution in [2.75, 3.05) is 31.6 Å². The molecule has 2 aliphatic rings. The molecule has 1 saturated heterocycles. The van der Waals surface area contributed by atoms with Gasteiger partial charge < -0.3 is 24.6 Å². The second kappa shape index (κ2) is 10.6. The van der Waals surface area contributed by atoms with Gasteiger partial charge in [-0.05, 0) is 53.1 Å². The highest BCUT2D eigenvalue weighted by Crippen LogP contribution is 2.34. The van der Waals surface area contributed by atoms with Gasteiger partial charge >= 0.3 is 12.1 Å². The van der Waals surface area contributed by atoms with Gasteiger partial charge in [0.15, 0.2) is 0 Å². The van der Waals surface area contributed by atoms with Crippen molar-refractivity contribution in [3.05, 3.63) is 77.6 Å². The number of aromatic nitrogens is 2. The molecule has 41 heavy (non-hydrogen) atoms. The molecule has 4 aromatic rings. The number of aromatic amines is 1. The first-order valence-corrected chi connectivity index (χ1v) is 13.3. The Labute approximate surface area is 234 Å². The number of ketones is 1. The van der Waals surface area contributed by atoms with Gasteiger partial charge in [-0.2, -0.15) is 0 Å². The maximum Gasteiger partial charge on any atom is 0.413 e. The summed E-state index contributed by atoms with van der Waals surface area (Å²) in [5.74, 6) is 0.632. The van der Waals surface area contributed by atoms with Gasteiger partial charge in [0.05, 0.1) is 30.2 Å². The van der Waals surface area contributed by atoms with Crippen LogP contribution in [0.4, 0.5) is 19.9 Å². The van der Waals surface area contributed by atoms with Crippen molar-refractivity contribution in [3.63, 3.8) is 0 Å². The van der Waals surface area contributed by atoms with E-state index in [9.17, 15) is 23.9 Å². The first kappa shape index (κ1) is 26.3. The summed E-state index contributed by atoms with van der Waals surface area (Å²) in [7, 11) is 1.42. The third-order valence-corrected chi connectivity index (χ3v) is 7.65. The zero-order chi connectivity index (χ0) is 28.7. The summed E-state index contributed by atoms with van der Waals surface area (Å²) in [6.45, 7) is 1.32. The van der Waals surface area contributed by atoms with Crippen molar-refractivity contribution in [1.29, 1.82) is 0 Å². The molecule has 210 valence electrons. The SMILES string of the molecule is CN(C(=O)O)c1nc2ccc(-c3ccc4c(c3)CN(C(=O)N3CCC(=O)CC3c3ccc(F)cc3)CCO4)cc2[nH]1. The van der Waals surface area contributed by atoms with Crippen LogP contribution in [0.1, 0.15) is 30.0 Å².